The molecule has 0 radical (unpaired) electrons. The lowest BCUT2D eigenvalue weighted by Gasteiger charge is -2.15. The Labute approximate surface area is 83.3 Å². The summed E-state index contributed by atoms with van der Waals surface area (Å²) in [5.74, 6) is 0. The molecule has 0 N–H and O–H groups in total. The topological polar surface area (TPSA) is 21.1 Å². The van der Waals surface area contributed by atoms with Crippen LogP contribution in [0.3, 0.4) is 0 Å². The molecule has 1 aromatic rings. The summed E-state index contributed by atoms with van der Waals surface area (Å²) in [7, 11) is 2.04. The largest absolute Gasteiger partial charge is 0.367 e. The highest BCUT2D eigenvalue weighted by Crippen LogP contribution is 2.10. The maximum atomic E-state index is 5.27. The number of fused-ring (bicyclic) bond motifs is 1. The van der Waals surface area contributed by atoms with E-state index in [1.807, 2.05) is 18.7 Å². The molecule has 0 spiro atoms. The molecule has 0 saturated heterocycles. The molecule has 0 atom stereocenters. The Morgan fingerprint density at radius 3 is 3.08 bits per heavy atom. The summed E-state index contributed by atoms with van der Waals surface area (Å²) in [5, 5.41) is 4.40. The quantitative estimate of drug-likeness (QED) is 0.576. The highest BCUT2D eigenvalue weighted by Gasteiger charge is 2.15. The van der Waals surface area contributed by atoms with Crippen molar-refractivity contribution in [2.75, 3.05) is 13.6 Å². The summed E-state index contributed by atoms with van der Waals surface area (Å²) in [6, 6.07) is 2.14. The summed E-state index contributed by atoms with van der Waals surface area (Å²) in [5.41, 5.74) is 2.38. The molecule has 70 valence electrons. The van der Waals surface area contributed by atoms with Crippen LogP contribution in [0.5, 0.6) is 0 Å². The van der Waals surface area contributed by atoms with E-state index in [1.54, 1.807) is 0 Å². The lowest BCUT2D eigenvalue weighted by molar-refractivity contribution is 0.517. The van der Waals surface area contributed by atoms with E-state index in [-0.39, 0.29) is 0 Å². The lowest BCUT2D eigenvalue weighted by Crippen LogP contribution is -2.27. The van der Waals surface area contributed by atoms with Crippen molar-refractivity contribution in [2.45, 2.75) is 19.9 Å². The van der Waals surface area contributed by atoms with Gasteiger partial charge in [0.15, 0.2) is 0 Å². The van der Waals surface area contributed by atoms with Crippen LogP contribution >= 0.6 is 12.2 Å². The van der Waals surface area contributed by atoms with Crippen molar-refractivity contribution in [2.24, 2.45) is 0 Å². The minimum atomic E-state index is 0.759. The van der Waals surface area contributed by atoms with Gasteiger partial charge in [0.2, 0.25) is 0 Å². The monoisotopic (exact) mass is 195 g/mol. The van der Waals surface area contributed by atoms with E-state index in [4.69, 9.17) is 12.2 Å². The molecule has 0 amide bonds. The van der Waals surface area contributed by atoms with E-state index in [1.165, 1.54) is 5.69 Å². The van der Waals surface area contributed by atoms with Crippen LogP contribution in [0.2, 0.25) is 0 Å². The number of hydrogen-bond donors (Lipinski definition) is 0. The number of nitrogens with zero attached hydrogens (tertiary/aromatic N) is 3. The fraction of sp³-hybridized carbons (Fsp3) is 0.556. The molecule has 3 nitrogen and oxygen atoms in total. The second kappa shape index (κ2) is 3.10. The predicted octanol–water partition coefficient (Wildman–Crippen LogP) is 1.01. The zero-order chi connectivity index (χ0) is 9.42. The Kier molecular flexibility index (Phi) is 2.07. The average molecular weight is 195 g/mol. The van der Waals surface area contributed by atoms with Crippen LogP contribution in [0.15, 0.2) is 6.07 Å². The first-order valence-corrected chi connectivity index (χ1v) is 4.85. The van der Waals surface area contributed by atoms with E-state index in [0.29, 0.717) is 0 Å². The van der Waals surface area contributed by atoms with Crippen LogP contribution in [0.1, 0.15) is 11.4 Å². The third kappa shape index (κ3) is 1.58. The van der Waals surface area contributed by atoms with Crippen LogP contribution in [-0.2, 0) is 13.0 Å². The van der Waals surface area contributed by atoms with Gasteiger partial charge in [-0.15, -0.1) is 0 Å². The van der Waals surface area contributed by atoms with E-state index in [9.17, 15) is 0 Å². The highest BCUT2D eigenvalue weighted by atomic mass is 32.1. The zero-order valence-electron chi connectivity index (χ0n) is 7.95. The third-order valence-electron chi connectivity index (χ3n) is 2.40. The van der Waals surface area contributed by atoms with Gasteiger partial charge in [0.25, 0.3) is 0 Å². The van der Waals surface area contributed by atoms with Crippen LogP contribution in [0.25, 0.3) is 0 Å². The van der Waals surface area contributed by atoms with Gasteiger partial charge in [-0.3, -0.25) is 4.68 Å². The molecular formula is C9H13N3S. The fourth-order valence-electron chi connectivity index (χ4n) is 1.59. The minimum absolute atomic E-state index is 0.759. The summed E-state index contributed by atoms with van der Waals surface area (Å²) >= 11 is 5.27. The van der Waals surface area contributed by atoms with Crippen molar-refractivity contribution in [1.82, 2.24) is 14.7 Å². The van der Waals surface area contributed by atoms with E-state index in [0.717, 1.165) is 30.2 Å². The summed E-state index contributed by atoms with van der Waals surface area (Å²) < 4.78 is 2.02. The highest BCUT2D eigenvalue weighted by molar-refractivity contribution is 7.80. The molecule has 0 bridgehead atoms. The summed E-state index contributed by atoms with van der Waals surface area (Å²) in [4.78, 5) is 3.10. The maximum Gasteiger partial charge on any atom is 0.0995 e. The molecule has 2 heterocycles. The Hall–Kier alpha value is -0.900. The SMILES string of the molecule is Cc1cc2n(n1)CC(=S)N(C)CC2. The van der Waals surface area contributed by atoms with Gasteiger partial charge in [-0.05, 0) is 13.0 Å². The second-order valence-electron chi connectivity index (χ2n) is 3.50. The molecule has 0 unspecified atom stereocenters. The van der Waals surface area contributed by atoms with Crippen LogP contribution in [0.4, 0.5) is 0 Å². The first-order valence-electron chi connectivity index (χ1n) is 4.44. The Balaban J connectivity index is 2.33. The summed E-state index contributed by atoms with van der Waals surface area (Å²) in [6.45, 7) is 3.79. The molecular weight excluding hydrogens is 182 g/mol. The van der Waals surface area contributed by atoms with Gasteiger partial charge in [0.1, 0.15) is 0 Å². The molecule has 2 rings (SSSR count). The van der Waals surface area contributed by atoms with Gasteiger partial charge in [-0.25, -0.2) is 0 Å². The molecule has 1 aromatic heterocycles. The molecule has 0 fully saturated rings. The number of hydrogen-bond acceptors (Lipinski definition) is 2. The normalized spacial score (nSPS) is 17.1. The Morgan fingerprint density at radius 2 is 2.31 bits per heavy atom. The summed E-state index contributed by atoms with van der Waals surface area (Å²) in [6.07, 6.45) is 1.04. The Bertz CT molecular complexity index is 343. The Morgan fingerprint density at radius 1 is 1.54 bits per heavy atom. The first-order chi connectivity index (χ1) is 6.16. The van der Waals surface area contributed by atoms with Crippen LogP contribution in [-0.4, -0.2) is 33.3 Å². The maximum absolute atomic E-state index is 5.27. The number of aryl methyl sites for hydroxylation is 1. The van der Waals surface area contributed by atoms with Crippen molar-refractivity contribution in [3.63, 3.8) is 0 Å². The molecule has 1 aliphatic heterocycles. The van der Waals surface area contributed by atoms with Crippen molar-refractivity contribution >= 4 is 17.2 Å². The number of likely N-dealkylation sites (N-methyl/N-ethyl adjacent to an activating group) is 1. The van der Waals surface area contributed by atoms with E-state index < -0.39 is 0 Å². The fourth-order valence-corrected chi connectivity index (χ4v) is 1.81. The zero-order valence-corrected chi connectivity index (χ0v) is 8.77. The van der Waals surface area contributed by atoms with Gasteiger partial charge in [0.05, 0.1) is 17.2 Å². The van der Waals surface area contributed by atoms with Crippen molar-refractivity contribution < 1.29 is 0 Å². The standard InChI is InChI=1S/C9H13N3S/c1-7-5-8-3-4-11(2)9(13)6-12(8)10-7/h5H,3-4,6H2,1-2H3. The van der Waals surface area contributed by atoms with Gasteiger partial charge in [-0.1, -0.05) is 12.2 Å². The van der Waals surface area contributed by atoms with Crippen LogP contribution in [0, 0.1) is 6.92 Å². The van der Waals surface area contributed by atoms with E-state index >= 15 is 0 Å². The molecule has 4 heteroatoms. The molecule has 1 aliphatic rings. The smallest absolute Gasteiger partial charge is 0.0995 e. The molecule has 0 aliphatic carbocycles. The van der Waals surface area contributed by atoms with Gasteiger partial charge in [-0.2, -0.15) is 5.10 Å². The predicted molar refractivity (Wildman–Crippen MR) is 55.9 cm³/mol. The third-order valence-corrected chi connectivity index (χ3v) is 2.84. The molecule has 0 saturated carbocycles. The lowest BCUT2D eigenvalue weighted by atomic mass is 10.3. The van der Waals surface area contributed by atoms with Crippen molar-refractivity contribution in [3.8, 4) is 0 Å². The van der Waals surface area contributed by atoms with Crippen molar-refractivity contribution in [1.29, 1.82) is 0 Å². The van der Waals surface area contributed by atoms with E-state index in [2.05, 4.69) is 16.1 Å². The minimum Gasteiger partial charge on any atom is -0.367 e. The number of aromatic nitrogens is 2. The van der Waals surface area contributed by atoms with Crippen molar-refractivity contribution in [3.05, 3.63) is 17.5 Å². The first kappa shape index (κ1) is 8.69. The van der Waals surface area contributed by atoms with Gasteiger partial charge >= 0.3 is 0 Å². The van der Waals surface area contributed by atoms with Crippen LogP contribution < -0.4 is 0 Å². The second-order valence-corrected chi connectivity index (χ2v) is 3.97. The molecule has 0 aromatic carbocycles. The van der Waals surface area contributed by atoms with Gasteiger partial charge < -0.3 is 4.90 Å². The number of thiocarbonyl (C=S) groups is 1. The molecule has 13 heavy (non-hydrogen) atoms. The van der Waals surface area contributed by atoms with Gasteiger partial charge in [0, 0.05) is 25.7 Å². The number of rotatable bonds is 0. The average Bonchev–Trinajstić information content (AvgIpc) is 2.36.